The smallest absolute Gasteiger partial charge is 0.306 e. The average molecular weight is 720 g/mol. The summed E-state index contributed by atoms with van der Waals surface area (Å²) in [7, 11) is 0. The van der Waals surface area contributed by atoms with Crippen molar-refractivity contribution in [3.8, 4) is 0 Å². The zero-order chi connectivity index (χ0) is 33.4. The molecule has 2 N–H and O–H groups in total. The van der Waals surface area contributed by atoms with E-state index in [1.807, 2.05) is 60.7 Å². The van der Waals surface area contributed by atoms with Gasteiger partial charge in [-0.3, -0.25) is 19.2 Å². The van der Waals surface area contributed by atoms with E-state index in [9.17, 15) is 24.3 Å². The third-order valence-electron chi connectivity index (χ3n) is 9.49. The molecule has 6 atom stereocenters. The summed E-state index contributed by atoms with van der Waals surface area (Å²) < 4.78 is 14.4. The fraction of sp³-hybridized carbons (Fsp3) is 0.412. The van der Waals surface area contributed by atoms with Crippen LogP contribution in [-0.2, 0) is 35.3 Å². The van der Waals surface area contributed by atoms with Crippen molar-refractivity contribution in [3.63, 3.8) is 0 Å². The minimum Gasteiger partial charge on any atom is -0.463 e. The molecule has 48 heavy (non-hydrogen) atoms. The Morgan fingerprint density at radius 2 is 1.81 bits per heavy atom. The number of rotatable bonds is 6. The molecule has 0 unspecified atom stereocenters. The predicted octanol–water partition coefficient (Wildman–Crippen LogP) is 2.22. The SMILES string of the molecule is O=C1CC/C=C\CN(Cn2nnc3ccccc32)C(=O)[C@H]2N(CCCO)C(=O)[C@@H]3[C@@H](C(=O)N[C@@H](c4ccccc4)CO1)[C@@H]1O[C@@]32C=C1Br. The van der Waals surface area contributed by atoms with E-state index in [0.717, 1.165) is 11.1 Å². The number of ether oxygens (including phenoxy) is 2. The molecule has 14 heteroatoms. The van der Waals surface area contributed by atoms with Gasteiger partial charge in [0.15, 0.2) is 0 Å². The predicted molar refractivity (Wildman–Crippen MR) is 175 cm³/mol. The van der Waals surface area contributed by atoms with Gasteiger partial charge in [0, 0.05) is 30.6 Å². The lowest BCUT2D eigenvalue weighted by Crippen LogP contribution is -2.56. The highest BCUT2D eigenvalue weighted by atomic mass is 79.9. The lowest BCUT2D eigenvalue weighted by molar-refractivity contribution is -0.149. The number of aliphatic hydroxyl groups excluding tert-OH is 1. The Morgan fingerprint density at radius 3 is 2.62 bits per heavy atom. The number of aromatic nitrogens is 3. The van der Waals surface area contributed by atoms with E-state index in [-0.39, 0.29) is 45.8 Å². The number of esters is 1. The number of benzene rings is 2. The number of amides is 3. The summed E-state index contributed by atoms with van der Waals surface area (Å²) in [5, 5.41) is 21.3. The van der Waals surface area contributed by atoms with Gasteiger partial charge in [-0.1, -0.05) is 75.8 Å². The number of nitrogens with one attached hydrogen (secondary N) is 1. The van der Waals surface area contributed by atoms with Crippen molar-refractivity contribution < 1.29 is 33.8 Å². The molecule has 1 spiro atoms. The van der Waals surface area contributed by atoms with Crippen LogP contribution < -0.4 is 5.32 Å². The lowest BCUT2D eigenvalue weighted by Gasteiger charge is -2.35. The highest BCUT2D eigenvalue weighted by Crippen LogP contribution is 2.58. The Labute approximate surface area is 284 Å². The Kier molecular flexibility index (Phi) is 8.88. The molecule has 0 radical (unpaired) electrons. The second kappa shape index (κ2) is 13.2. The number of allylic oxidation sites excluding steroid dienone is 1. The molecule has 7 rings (SSSR count). The number of cyclic esters (lactones) is 1. The molecule has 1 aromatic heterocycles. The van der Waals surface area contributed by atoms with Crippen molar-refractivity contribution in [2.75, 3.05) is 26.3 Å². The second-order valence-corrected chi connectivity index (χ2v) is 13.3. The molecule has 13 nitrogen and oxygen atoms in total. The number of hydrogen-bond acceptors (Lipinski definition) is 9. The molecule has 4 aliphatic heterocycles. The van der Waals surface area contributed by atoms with Crippen molar-refractivity contribution in [1.82, 2.24) is 30.1 Å². The molecular formula is C34H35BrN6O7. The van der Waals surface area contributed by atoms with E-state index in [0.29, 0.717) is 16.4 Å². The van der Waals surface area contributed by atoms with Crippen LogP contribution in [0.3, 0.4) is 0 Å². The van der Waals surface area contributed by atoms with Gasteiger partial charge in [-0.2, -0.15) is 0 Å². The first-order chi connectivity index (χ1) is 23.3. The van der Waals surface area contributed by atoms with Crippen molar-refractivity contribution >= 4 is 50.7 Å². The Bertz CT molecular complexity index is 1800. The van der Waals surface area contributed by atoms with Gasteiger partial charge in [0.2, 0.25) is 11.8 Å². The average Bonchev–Trinajstić information content (AvgIpc) is 3.81. The molecule has 0 saturated carbocycles. The van der Waals surface area contributed by atoms with Crippen LogP contribution in [0, 0.1) is 11.8 Å². The van der Waals surface area contributed by atoms with Crippen molar-refractivity contribution in [2.24, 2.45) is 11.8 Å². The summed E-state index contributed by atoms with van der Waals surface area (Å²) >= 11 is 3.59. The first-order valence-corrected chi connectivity index (χ1v) is 16.8. The Hall–Kier alpha value is -4.40. The highest BCUT2D eigenvalue weighted by Gasteiger charge is 2.74. The molecule has 4 aliphatic rings. The third-order valence-corrected chi connectivity index (χ3v) is 10.2. The minimum atomic E-state index is -1.44. The van der Waals surface area contributed by atoms with E-state index in [4.69, 9.17) is 9.47 Å². The van der Waals surface area contributed by atoms with E-state index < -0.39 is 59.3 Å². The molecule has 5 bridgehead atoms. The number of hydrogen-bond donors (Lipinski definition) is 2. The lowest BCUT2D eigenvalue weighted by atomic mass is 9.74. The maximum absolute atomic E-state index is 14.9. The van der Waals surface area contributed by atoms with E-state index in [2.05, 4.69) is 31.6 Å². The zero-order valence-electron chi connectivity index (χ0n) is 26.0. The summed E-state index contributed by atoms with van der Waals surface area (Å²) in [6.45, 7) is -0.0428. The van der Waals surface area contributed by atoms with Crippen LogP contribution >= 0.6 is 15.9 Å². The molecule has 3 aromatic rings. The van der Waals surface area contributed by atoms with Gasteiger partial charge in [0.25, 0.3) is 5.91 Å². The fourth-order valence-corrected chi connectivity index (χ4v) is 8.03. The normalized spacial score (nSPS) is 30.0. The largest absolute Gasteiger partial charge is 0.463 e. The fourth-order valence-electron chi connectivity index (χ4n) is 7.29. The monoisotopic (exact) mass is 718 g/mol. The minimum absolute atomic E-state index is 0.0159. The first-order valence-electron chi connectivity index (χ1n) is 16.0. The maximum atomic E-state index is 14.9. The number of likely N-dealkylation sites (tertiary alicyclic amines) is 1. The van der Waals surface area contributed by atoms with Gasteiger partial charge in [0.05, 0.1) is 23.4 Å². The number of halogens is 1. The Morgan fingerprint density at radius 1 is 1.02 bits per heavy atom. The molecule has 3 amide bonds. The summed E-state index contributed by atoms with van der Waals surface area (Å²) in [5.74, 6) is -3.67. The van der Waals surface area contributed by atoms with Gasteiger partial charge < -0.3 is 29.7 Å². The topological polar surface area (TPSA) is 156 Å². The van der Waals surface area contributed by atoms with E-state index >= 15 is 0 Å². The zero-order valence-corrected chi connectivity index (χ0v) is 27.6. The van der Waals surface area contributed by atoms with E-state index in [1.165, 1.54) is 4.90 Å². The van der Waals surface area contributed by atoms with Crippen molar-refractivity contribution in [3.05, 3.63) is 82.9 Å². The van der Waals surface area contributed by atoms with Gasteiger partial charge in [-0.05, 0) is 36.6 Å². The van der Waals surface area contributed by atoms with Gasteiger partial charge in [0.1, 0.15) is 36.5 Å². The Balaban J connectivity index is 1.30. The molecular weight excluding hydrogens is 684 g/mol. The van der Waals surface area contributed by atoms with Gasteiger partial charge in [-0.25, -0.2) is 4.68 Å². The van der Waals surface area contributed by atoms with Crippen LogP contribution in [0.15, 0.2) is 77.3 Å². The van der Waals surface area contributed by atoms with Crippen molar-refractivity contribution in [2.45, 2.75) is 49.7 Å². The van der Waals surface area contributed by atoms with Crippen LogP contribution in [0.25, 0.3) is 11.0 Å². The van der Waals surface area contributed by atoms with Gasteiger partial charge >= 0.3 is 5.97 Å². The number of carbonyl (C=O) groups is 4. The maximum Gasteiger partial charge on any atom is 0.306 e. The molecule has 2 fully saturated rings. The van der Waals surface area contributed by atoms with E-state index in [1.54, 1.807) is 21.7 Å². The summed E-state index contributed by atoms with van der Waals surface area (Å²) in [6, 6.07) is 14.8. The van der Waals surface area contributed by atoms with Crippen LogP contribution in [0.5, 0.6) is 0 Å². The summed E-state index contributed by atoms with van der Waals surface area (Å²) in [5.41, 5.74) is 0.679. The quantitative estimate of drug-likeness (QED) is 0.288. The molecule has 2 saturated heterocycles. The molecule has 2 aromatic carbocycles. The third kappa shape index (κ3) is 5.61. The number of fused-ring (bicyclic) bond motifs is 3. The summed E-state index contributed by atoms with van der Waals surface area (Å²) in [4.78, 5) is 59.2. The van der Waals surface area contributed by atoms with Crippen LogP contribution in [-0.4, -0.2) is 97.6 Å². The number of nitrogens with zero attached hydrogens (tertiary/aromatic N) is 5. The van der Waals surface area contributed by atoms with Crippen LogP contribution in [0.4, 0.5) is 0 Å². The van der Waals surface area contributed by atoms with Crippen LogP contribution in [0.2, 0.25) is 0 Å². The molecule has 250 valence electrons. The first kappa shape index (κ1) is 32.2. The standard InChI is InChI=1S/C34H35BrN6O7/c35-22-18-34-28-27(29(22)48-34)31(44)36-24(21-10-3-1-4-11-21)19-47-26(43)14-5-2-8-15-39(20-41-25-13-7-6-12-23(25)37-38-41)33(46)30(34)40(32(28)45)16-9-17-42/h1-4,6-8,10-13,18,24,27-30,42H,5,9,14-17,19-20H2,(H,36,44)/b8-2-/t24-,27-,28+,29-,30-,34+/m1/s1. The highest BCUT2D eigenvalue weighted by molar-refractivity contribution is 9.11. The summed E-state index contributed by atoms with van der Waals surface area (Å²) in [6.07, 6.45) is 5.28. The van der Waals surface area contributed by atoms with Crippen LogP contribution in [0.1, 0.15) is 30.9 Å². The second-order valence-electron chi connectivity index (χ2n) is 12.4. The van der Waals surface area contributed by atoms with Gasteiger partial charge in [-0.15, -0.1) is 5.10 Å². The molecule has 5 heterocycles. The van der Waals surface area contributed by atoms with Crippen molar-refractivity contribution in [1.29, 1.82) is 0 Å². The number of para-hydroxylation sites is 1. The number of carbonyl (C=O) groups excluding carboxylic acids is 4. The molecule has 0 aliphatic carbocycles. The number of aliphatic hydroxyl groups is 1.